The molecular formula is C15H23NO3S. The molecule has 4 nitrogen and oxygen atoms in total. The summed E-state index contributed by atoms with van der Waals surface area (Å²) in [6.45, 7) is 0.811. The van der Waals surface area contributed by atoms with Gasteiger partial charge in [0.1, 0.15) is 12.4 Å². The van der Waals surface area contributed by atoms with E-state index in [2.05, 4.69) is 0 Å². The highest BCUT2D eigenvalue weighted by Crippen LogP contribution is 2.28. The Labute approximate surface area is 121 Å². The van der Waals surface area contributed by atoms with E-state index in [-0.39, 0.29) is 5.75 Å². The molecule has 1 fully saturated rings. The van der Waals surface area contributed by atoms with Gasteiger partial charge in [0.05, 0.1) is 10.6 Å². The Morgan fingerprint density at radius 2 is 1.95 bits per heavy atom. The van der Waals surface area contributed by atoms with Crippen molar-refractivity contribution in [3.05, 3.63) is 24.3 Å². The third-order valence-electron chi connectivity index (χ3n) is 3.73. The normalized spacial score (nSPS) is 17.1. The minimum Gasteiger partial charge on any atom is -0.492 e. The maximum atomic E-state index is 12.4. The van der Waals surface area contributed by atoms with Crippen molar-refractivity contribution in [1.82, 2.24) is 0 Å². The Bertz CT molecular complexity index is 522. The van der Waals surface area contributed by atoms with E-state index >= 15 is 0 Å². The molecule has 1 aliphatic carbocycles. The van der Waals surface area contributed by atoms with E-state index in [9.17, 15) is 8.42 Å². The van der Waals surface area contributed by atoms with Gasteiger partial charge in [-0.1, -0.05) is 25.3 Å². The second-order valence-electron chi connectivity index (χ2n) is 5.40. The summed E-state index contributed by atoms with van der Waals surface area (Å²) in [5, 5.41) is 0. The first-order valence-corrected chi connectivity index (χ1v) is 8.93. The summed E-state index contributed by atoms with van der Waals surface area (Å²) in [6.07, 6.45) is 5.60. The van der Waals surface area contributed by atoms with E-state index in [1.165, 1.54) is 6.42 Å². The van der Waals surface area contributed by atoms with E-state index < -0.39 is 9.84 Å². The average Bonchev–Trinajstić information content (AvgIpc) is 2.46. The van der Waals surface area contributed by atoms with Crippen molar-refractivity contribution in [2.75, 3.05) is 18.9 Å². The highest BCUT2D eigenvalue weighted by Gasteiger charge is 2.23. The van der Waals surface area contributed by atoms with Crippen LogP contribution in [0, 0.1) is 5.92 Å². The van der Waals surface area contributed by atoms with Crippen LogP contribution in [0.5, 0.6) is 5.75 Å². The predicted molar refractivity (Wildman–Crippen MR) is 79.6 cm³/mol. The molecule has 0 spiro atoms. The first-order chi connectivity index (χ1) is 9.62. The Hall–Kier alpha value is -1.07. The first-order valence-electron chi connectivity index (χ1n) is 7.27. The minimum absolute atomic E-state index is 0.257. The molecule has 0 atom stereocenters. The molecule has 0 aliphatic heterocycles. The van der Waals surface area contributed by atoms with Crippen LogP contribution in [0.1, 0.15) is 32.1 Å². The number of nitrogens with two attached hydrogens (primary N) is 1. The smallest absolute Gasteiger partial charge is 0.178 e. The van der Waals surface area contributed by atoms with Gasteiger partial charge in [0.2, 0.25) is 0 Å². The molecule has 1 saturated carbocycles. The van der Waals surface area contributed by atoms with Gasteiger partial charge in [-0.25, -0.2) is 8.42 Å². The zero-order chi connectivity index (χ0) is 14.4. The SMILES string of the molecule is NCCOc1cccc(S(=O)(=O)CC2CCCCC2)c1. The van der Waals surface area contributed by atoms with Crippen molar-refractivity contribution in [3.63, 3.8) is 0 Å². The topological polar surface area (TPSA) is 69.4 Å². The molecule has 5 heteroatoms. The fourth-order valence-electron chi connectivity index (χ4n) is 2.69. The average molecular weight is 297 g/mol. The van der Waals surface area contributed by atoms with Crippen molar-refractivity contribution in [1.29, 1.82) is 0 Å². The fraction of sp³-hybridized carbons (Fsp3) is 0.600. The molecule has 1 aliphatic rings. The van der Waals surface area contributed by atoms with Gasteiger partial charge < -0.3 is 10.5 Å². The van der Waals surface area contributed by atoms with Crippen LogP contribution in [0.4, 0.5) is 0 Å². The summed E-state index contributed by atoms with van der Waals surface area (Å²) < 4.78 is 30.3. The molecule has 0 unspecified atom stereocenters. The second kappa shape index (κ2) is 7.09. The summed E-state index contributed by atoms with van der Waals surface area (Å²) in [4.78, 5) is 0.359. The lowest BCUT2D eigenvalue weighted by atomic mass is 9.91. The zero-order valence-corrected chi connectivity index (χ0v) is 12.6. The molecule has 112 valence electrons. The molecule has 0 heterocycles. The number of hydrogen-bond acceptors (Lipinski definition) is 4. The zero-order valence-electron chi connectivity index (χ0n) is 11.8. The standard InChI is InChI=1S/C15H23NO3S/c16-9-10-19-14-7-4-8-15(11-14)20(17,18)12-13-5-2-1-3-6-13/h4,7-8,11,13H,1-3,5-6,9-10,12,16H2. The number of hydrogen-bond donors (Lipinski definition) is 1. The van der Waals surface area contributed by atoms with Crippen LogP contribution < -0.4 is 10.5 Å². The maximum absolute atomic E-state index is 12.4. The first kappa shape index (κ1) is 15.3. The third kappa shape index (κ3) is 4.21. The van der Waals surface area contributed by atoms with Crippen molar-refractivity contribution < 1.29 is 13.2 Å². The lowest BCUT2D eigenvalue weighted by molar-refractivity contribution is 0.327. The van der Waals surface area contributed by atoms with Gasteiger partial charge >= 0.3 is 0 Å². The van der Waals surface area contributed by atoms with Crippen LogP contribution in [0.15, 0.2) is 29.2 Å². The van der Waals surface area contributed by atoms with Gasteiger partial charge in [0, 0.05) is 6.54 Å². The fourth-order valence-corrected chi connectivity index (χ4v) is 4.42. The van der Waals surface area contributed by atoms with E-state index in [4.69, 9.17) is 10.5 Å². The van der Waals surface area contributed by atoms with Gasteiger partial charge in [0.15, 0.2) is 9.84 Å². The number of sulfone groups is 1. The van der Waals surface area contributed by atoms with Crippen LogP contribution in [0.25, 0.3) is 0 Å². The molecule has 0 radical (unpaired) electrons. The Morgan fingerprint density at radius 3 is 2.65 bits per heavy atom. The predicted octanol–water partition coefficient (Wildman–Crippen LogP) is 2.38. The molecule has 2 N–H and O–H groups in total. The molecule has 1 aromatic carbocycles. The van der Waals surface area contributed by atoms with Crippen LogP contribution in [-0.4, -0.2) is 27.3 Å². The lowest BCUT2D eigenvalue weighted by Gasteiger charge is -2.21. The molecule has 2 rings (SSSR count). The molecule has 0 saturated heterocycles. The highest BCUT2D eigenvalue weighted by molar-refractivity contribution is 7.91. The molecule has 20 heavy (non-hydrogen) atoms. The van der Waals surface area contributed by atoms with Gasteiger partial charge in [-0.2, -0.15) is 0 Å². The summed E-state index contributed by atoms with van der Waals surface area (Å²) >= 11 is 0. The Kier molecular flexibility index (Phi) is 5.43. The van der Waals surface area contributed by atoms with Gasteiger partial charge in [-0.05, 0) is 37.0 Å². The van der Waals surface area contributed by atoms with Crippen LogP contribution in [0.3, 0.4) is 0 Å². The number of benzene rings is 1. The van der Waals surface area contributed by atoms with E-state index in [1.54, 1.807) is 24.3 Å². The van der Waals surface area contributed by atoms with Gasteiger partial charge in [0.25, 0.3) is 0 Å². The van der Waals surface area contributed by atoms with Crippen LogP contribution in [0.2, 0.25) is 0 Å². The molecule has 0 amide bonds. The maximum Gasteiger partial charge on any atom is 0.178 e. The van der Waals surface area contributed by atoms with E-state index in [1.807, 2.05) is 0 Å². The summed E-state index contributed by atoms with van der Waals surface area (Å²) in [7, 11) is -3.22. The lowest BCUT2D eigenvalue weighted by Crippen LogP contribution is -2.19. The van der Waals surface area contributed by atoms with Crippen molar-refractivity contribution >= 4 is 9.84 Å². The summed E-state index contributed by atoms with van der Waals surface area (Å²) in [6, 6.07) is 6.73. The third-order valence-corrected chi connectivity index (χ3v) is 5.61. The Balaban J connectivity index is 2.07. The van der Waals surface area contributed by atoms with Crippen molar-refractivity contribution in [2.45, 2.75) is 37.0 Å². The molecule has 1 aromatic rings. The molecule has 0 bridgehead atoms. The van der Waals surface area contributed by atoms with Crippen LogP contribution >= 0.6 is 0 Å². The van der Waals surface area contributed by atoms with Crippen molar-refractivity contribution in [2.24, 2.45) is 11.7 Å². The van der Waals surface area contributed by atoms with Crippen LogP contribution in [-0.2, 0) is 9.84 Å². The highest BCUT2D eigenvalue weighted by atomic mass is 32.2. The number of ether oxygens (including phenoxy) is 1. The quantitative estimate of drug-likeness (QED) is 0.875. The second-order valence-corrected chi connectivity index (χ2v) is 7.43. The minimum atomic E-state index is -3.22. The Morgan fingerprint density at radius 1 is 1.20 bits per heavy atom. The molecule has 0 aromatic heterocycles. The molecular weight excluding hydrogens is 274 g/mol. The summed E-state index contributed by atoms with van der Waals surface area (Å²) in [5.74, 6) is 1.13. The largest absolute Gasteiger partial charge is 0.492 e. The van der Waals surface area contributed by atoms with Crippen molar-refractivity contribution in [3.8, 4) is 5.75 Å². The van der Waals surface area contributed by atoms with E-state index in [0.717, 1.165) is 25.7 Å². The van der Waals surface area contributed by atoms with E-state index in [0.29, 0.717) is 29.7 Å². The summed E-state index contributed by atoms with van der Waals surface area (Å²) in [5.41, 5.74) is 5.38. The monoisotopic (exact) mass is 297 g/mol. The van der Waals surface area contributed by atoms with Gasteiger partial charge in [-0.15, -0.1) is 0 Å². The number of rotatable bonds is 6. The van der Waals surface area contributed by atoms with Gasteiger partial charge in [-0.3, -0.25) is 0 Å².